The van der Waals surface area contributed by atoms with Crippen LogP contribution in [0.25, 0.3) is 11.0 Å². The molecule has 0 radical (unpaired) electrons. The van der Waals surface area contributed by atoms with Crippen molar-refractivity contribution in [2.75, 3.05) is 13.2 Å². The summed E-state index contributed by atoms with van der Waals surface area (Å²) in [5, 5.41) is 3.68. The minimum absolute atomic E-state index is 0.0157. The predicted octanol–water partition coefficient (Wildman–Crippen LogP) is 4.37. The number of fused-ring (bicyclic) bond motifs is 1. The van der Waals surface area contributed by atoms with E-state index in [0.29, 0.717) is 35.1 Å². The molecule has 0 saturated heterocycles. The summed E-state index contributed by atoms with van der Waals surface area (Å²) in [6.45, 7) is 9.97. The standard InChI is InChI=1S/C27H31NO6/c1-15(2)32-10-11-33-26(31)22-16(3)28-19-12-27(4,5)13-20(29)24(19)23(22)18-14-34-21-9-7-6-8-17(21)25(18)30/h6-9,14-15,23,28H,10-13H2,1-5H3/t23-/m1/s1. The Morgan fingerprint density at radius 1 is 1.18 bits per heavy atom. The van der Waals surface area contributed by atoms with Crippen molar-refractivity contribution in [3.63, 3.8) is 0 Å². The quantitative estimate of drug-likeness (QED) is 0.500. The average molecular weight is 466 g/mol. The summed E-state index contributed by atoms with van der Waals surface area (Å²) in [5.74, 6) is -1.53. The number of ketones is 1. The van der Waals surface area contributed by atoms with Gasteiger partial charge in [-0.25, -0.2) is 4.79 Å². The molecule has 2 aromatic rings. The summed E-state index contributed by atoms with van der Waals surface area (Å²) < 4.78 is 16.8. The van der Waals surface area contributed by atoms with Gasteiger partial charge < -0.3 is 19.2 Å². The smallest absolute Gasteiger partial charge is 0.336 e. The van der Waals surface area contributed by atoms with Crippen molar-refractivity contribution in [3.8, 4) is 0 Å². The fourth-order valence-corrected chi connectivity index (χ4v) is 4.81. The molecule has 2 heterocycles. The van der Waals surface area contributed by atoms with E-state index in [1.165, 1.54) is 6.26 Å². The fraction of sp³-hybridized carbons (Fsp3) is 0.444. The maximum absolute atomic E-state index is 13.5. The van der Waals surface area contributed by atoms with Gasteiger partial charge in [0, 0.05) is 29.0 Å². The summed E-state index contributed by atoms with van der Waals surface area (Å²) in [7, 11) is 0. The Hall–Kier alpha value is -3.19. The first-order valence-electron chi connectivity index (χ1n) is 11.6. The van der Waals surface area contributed by atoms with Crippen molar-refractivity contribution < 1.29 is 23.5 Å². The number of hydrogen-bond acceptors (Lipinski definition) is 7. The number of para-hydroxylation sites is 1. The van der Waals surface area contributed by atoms with Gasteiger partial charge in [0.05, 0.1) is 35.9 Å². The molecule has 34 heavy (non-hydrogen) atoms. The number of ether oxygens (including phenoxy) is 2. The lowest BCUT2D eigenvalue weighted by molar-refractivity contribution is -0.141. The molecule has 7 nitrogen and oxygen atoms in total. The van der Waals surface area contributed by atoms with Crippen LogP contribution in [0.1, 0.15) is 58.9 Å². The molecule has 1 aliphatic heterocycles. The summed E-state index contributed by atoms with van der Waals surface area (Å²) in [4.78, 5) is 40.2. The van der Waals surface area contributed by atoms with Gasteiger partial charge in [-0.3, -0.25) is 9.59 Å². The van der Waals surface area contributed by atoms with Crippen molar-refractivity contribution in [3.05, 3.63) is 68.9 Å². The molecule has 0 saturated carbocycles. The number of Topliss-reactive ketones (excluding diaryl/α,β-unsaturated/α-hetero) is 1. The molecule has 0 bridgehead atoms. The van der Waals surface area contributed by atoms with E-state index < -0.39 is 11.9 Å². The Balaban J connectivity index is 1.81. The number of nitrogens with one attached hydrogen (secondary N) is 1. The zero-order valence-corrected chi connectivity index (χ0v) is 20.3. The number of carbonyl (C=O) groups excluding carboxylic acids is 2. The molecule has 7 heteroatoms. The van der Waals surface area contributed by atoms with Gasteiger partial charge in [0.25, 0.3) is 0 Å². The maximum Gasteiger partial charge on any atom is 0.336 e. The number of hydrogen-bond donors (Lipinski definition) is 1. The van der Waals surface area contributed by atoms with Crippen LogP contribution in [0.5, 0.6) is 0 Å². The molecule has 1 aromatic carbocycles. The van der Waals surface area contributed by atoms with Crippen molar-refractivity contribution in [1.82, 2.24) is 5.32 Å². The van der Waals surface area contributed by atoms with Gasteiger partial charge in [-0.15, -0.1) is 0 Å². The second kappa shape index (κ2) is 9.22. The third-order valence-corrected chi connectivity index (χ3v) is 6.25. The minimum atomic E-state index is -0.862. The second-order valence-electron chi connectivity index (χ2n) is 10.0. The molecule has 1 aliphatic carbocycles. The molecule has 2 aliphatic rings. The molecule has 0 unspecified atom stereocenters. The lowest BCUT2D eigenvalue weighted by atomic mass is 9.68. The molecular formula is C27H31NO6. The van der Waals surface area contributed by atoms with Crippen LogP contribution in [-0.2, 0) is 19.1 Å². The summed E-state index contributed by atoms with van der Waals surface area (Å²) in [6, 6.07) is 6.95. The Morgan fingerprint density at radius 3 is 2.65 bits per heavy atom. The highest BCUT2D eigenvalue weighted by Gasteiger charge is 2.44. The van der Waals surface area contributed by atoms with E-state index in [-0.39, 0.29) is 47.1 Å². The van der Waals surface area contributed by atoms with Crippen LogP contribution in [0.15, 0.2) is 62.3 Å². The Bertz CT molecular complexity index is 1260. The van der Waals surface area contributed by atoms with E-state index in [0.717, 1.165) is 5.70 Å². The SMILES string of the molecule is CC1=C(C(=O)OCCOC(C)C)[C@@H](c2coc3ccccc3c2=O)C2=C(CC(C)(C)CC2=O)N1. The number of allylic oxidation sites excluding steroid dienone is 3. The van der Waals surface area contributed by atoms with E-state index in [4.69, 9.17) is 13.9 Å². The topological polar surface area (TPSA) is 94.8 Å². The van der Waals surface area contributed by atoms with E-state index in [9.17, 15) is 14.4 Å². The molecule has 0 spiro atoms. The molecule has 0 amide bonds. The van der Waals surface area contributed by atoms with Crippen LogP contribution in [0, 0.1) is 5.41 Å². The molecule has 180 valence electrons. The first-order valence-corrected chi connectivity index (χ1v) is 11.6. The summed E-state index contributed by atoms with van der Waals surface area (Å²) >= 11 is 0. The van der Waals surface area contributed by atoms with Crippen LogP contribution < -0.4 is 10.7 Å². The highest BCUT2D eigenvalue weighted by Crippen LogP contribution is 2.46. The highest BCUT2D eigenvalue weighted by molar-refractivity contribution is 6.04. The molecule has 0 fully saturated rings. The van der Waals surface area contributed by atoms with Gasteiger partial charge in [0.1, 0.15) is 12.2 Å². The maximum atomic E-state index is 13.5. The van der Waals surface area contributed by atoms with Crippen LogP contribution >= 0.6 is 0 Å². The van der Waals surface area contributed by atoms with Crippen LogP contribution in [0.2, 0.25) is 0 Å². The van der Waals surface area contributed by atoms with Crippen LogP contribution in [-0.4, -0.2) is 31.1 Å². The van der Waals surface area contributed by atoms with Gasteiger partial charge in [-0.2, -0.15) is 0 Å². The second-order valence-corrected chi connectivity index (χ2v) is 10.0. The number of esters is 1. The number of carbonyl (C=O) groups is 2. The van der Waals surface area contributed by atoms with Gasteiger partial charge in [-0.1, -0.05) is 26.0 Å². The molecule has 1 N–H and O–H groups in total. The zero-order chi connectivity index (χ0) is 24.6. The number of rotatable bonds is 6. The molecular weight excluding hydrogens is 434 g/mol. The first kappa shape index (κ1) is 24.0. The van der Waals surface area contributed by atoms with E-state index >= 15 is 0 Å². The van der Waals surface area contributed by atoms with Crippen molar-refractivity contribution >= 4 is 22.7 Å². The largest absolute Gasteiger partial charge is 0.464 e. The van der Waals surface area contributed by atoms with E-state index in [1.54, 1.807) is 31.2 Å². The van der Waals surface area contributed by atoms with Crippen molar-refractivity contribution in [2.24, 2.45) is 5.41 Å². The average Bonchev–Trinajstić information content (AvgIpc) is 2.75. The lowest BCUT2D eigenvalue weighted by Crippen LogP contribution is -2.39. The lowest BCUT2D eigenvalue weighted by Gasteiger charge is -2.39. The zero-order valence-electron chi connectivity index (χ0n) is 20.3. The molecule has 1 atom stereocenters. The van der Waals surface area contributed by atoms with Crippen molar-refractivity contribution in [1.29, 1.82) is 0 Å². The van der Waals surface area contributed by atoms with E-state index in [1.807, 2.05) is 27.7 Å². The van der Waals surface area contributed by atoms with Crippen LogP contribution in [0.3, 0.4) is 0 Å². The third-order valence-electron chi connectivity index (χ3n) is 6.25. The summed E-state index contributed by atoms with van der Waals surface area (Å²) in [6.07, 6.45) is 2.35. The first-order chi connectivity index (χ1) is 16.1. The van der Waals surface area contributed by atoms with Gasteiger partial charge in [-0.05, 0) is 44.7 Å². The molecule has 4 rings (SSSR count). The third kappa shape index (κ3) is 4.57. The predicted molar refractivity (Wildman–Crippen MR) is 128 cm³/mol. The minimum Gasteiger partial charge on any atom is -0.464 e. The summed E-state index contributed by atoms with van der Waals surface area (Å²) in [5.41, 5.74) is 2.22. The normalized spacial score (nSPS) is 19.9. The van der Waals surface area contributed by atoms with Crippen LogP contribution in [0.4, 0.5) is 0 Å². The monoisotopic (exact) mass is 465 g/mol. The fourth-order valence-electron chi connectivity index (χ4n) is 4.81. The number of benzene rings is 1. The van der Waals surface area contributed by atoms with Gasteiger partial charge in [0.15, 0.2) is 11.2 Å². The number of dihydropyridines is 1. The van der Waals surface area contributed by atoms with Crippen molar-refractivity contribution in [2.45, 2.75) is 59.5 Å². The van der Waals surface area contributed by atoms with Gasteiger partial charge in [0.2, 0.25) is 0 Å². The Morgan fingerprint density at radius 2 is 1.91 bits per heavy atom. The Labute approximate surface area is 198 Å². The Kier molecular flexibility index (Phi) is 6.49. The van der Waals surface area contributed by atoms with E-state index in [2.05, 4.69) is 5.32 Å². The molecule has 1 aromatic heterocycles. The highest BCUT2D eigenvalue weighted by atomic mass is 16.6. The van der Waals surface area contributed by atoms with Gasteiger partial charge >= 0.3 is 5.97 Å².